The van der Waals surface area contributed by atoms with Crippen LogP contribution >= 0.6 is 0 Å². The van der Waals surface area contributed by atoms with E-state index < -0.39 is 5.97 Å². The van der Waals surface area contributed by atoms with Crippen molar-refractivity contribution in [2.45, 2.75) is 31.7 Å². The first-order valence-corrected chi connectivity index (χ1v) is 8.01. The Kier molecular flexibility index (Phi) is 6.14. The van der Waals surface area contributed by atoms with E-state index in [2.05, 4.69) is 5.32 Å². The fraction of sp³-hybridized carbons (Fsp3) is 0.529. The molecule has 1 amide bonds. The molecular formula is C17H23FN2O4. The molecule has 1 aromatic carbocycles. The number of ether oxygens (including phenoxy) is 1. The lowest BCUT2D eigenvalue weighted by Crippen LogP contribution is -2.47. The van der Waals surface area contributed by atoms with Gasteiger partial charge in [-0.25, -0.2) is 4.39 Å². The lowest BCUT2D eigenvalue weighted by atomic mass is 10.0. The van der Waals surface area contributed by atoms with Gasteiger partial charge in [-0.2, -0.15) is 0 Å². The minimum absolute atomic E-state index is 0.0403. The molecule has 1 atom stereocenters. The summed E-state index contributed by atoms with van der Waals surface area (Å²) >= 11 is 0. The molecule has 1 aromatic rings. The second-order valence-corrected chi connectivity index (χ2v) is 6.28. The summed E-state index contributed by atoms with van der Waals surface area (Å²) in [6.45, 7) is 3.35. The highest BCUT2D eigenvalue weighted by Crippen LogP contribution is 2.21. The molecule has 1 unspecified atom stereocenters. The Balaban J connectivity index is 1.67. The third kappa shape index (κ3) is 5.49. The van der Waals surface area contributed by atoms with Crippen LogP contribution in [0.15, 0.2) is 24.3 Å². The molecule has 0 spiro atoms. The van der Waals surface area contributed by atoms with Gasteiger partial charge in [0, 0.05) is 25.0 Å². The quantitative estimate of drug-likeness (QED) is 0.705. The lowest BCUT2D eigenvalue weighted by Gasteiger charge is -2.25. The second-order valence-electron chi connectivity index (χ2n) is 6.28. The molecule has 0 aliphatic carbocycles. The van der Waals surface area contributed by atoms with Gasteiger partial charge in [0.25, 0.3) is 0 Å². The van der Waals surface area contributed by atoms with Gasteiger partial charge >= 0.3 is 5.97 Å². The number of carboxylic acids is 1. The number of nitrogens with zero attached hydrogens (tertiary/aromatic N) is 1. The molecule has 0 aromatic heterocycles. The SMILES string of the molecule is CC1(NCC(=O)O)CCN(C(=O)CCCOc2ccc(F)cc2)C1. The first-order valence-electron chi connectivity index (χ1n) is 8.01. The number of nitrogens with one attached hydrogen (secondary N) is 1. The molecule has 2 N–H and O–H groups in total. The average Bonchev–Trinajstić information content (AvgIpc) is 2.94. The van der Waals surface area contributed by atoms with E-state index in [1.807, 2.05) is 6.92 Å². The molecule has 1 aliphatic rings. The molecule has 1 fully saturated rings. The number of halogens is 1. The first kappa shape index (κ1) is 18.2. The highest BCUT2D eigenvalue weighted by Gasteiger charge is 2.35. The maximum atomic E-state index is 12.8. The number of carbonyl (C=O) groups is 2. The van der Waals surface area contributed by atoms with Gasteiger partial charge < -0.3 is 14.7 Å². The van der Waals surface area contributed by atoms with Crippen LogP contribution in [-0.2, 0) is 9.59 Å². The Hall–Kier alpha value is -2.15. The molecule has 0 saturated carbocycles. The Labute approximate surface area is 140 Å². The summed E-state index contributed by atoms with van der Waals surface area (Å²) in [5.41, 5.74) is -0.349. The van der Waals surface area contributed by atoms with Crippen molar-refractivity contribution in [1.29, 1.82) is 0 Å². The molecule has 1 aliphatic heterocycles. The minimum Gasteiger partial charge on any atom is -0.494 e. The fourth-order valence-corrected chi connectivity index (χ4v) is 2.71. The maximum absolute atomic E-state index is 12.8. The van der Waals surface area contributed by atoms with Crippen molar-refractivity contribution in [3.8, 4) is 5.75 Å². The molecule has 0 bridgehead atoms. The van der Waals surface area contributed by atoms with Gasteiger partial charge in [0.1, 0.15) is 11.6 Å². The predicted octanol–water partition coefficient (Wildman–Crippen LogP) is 1.65. The summed E-state index contributed by atoms with van der Waals surface area (Å²) in [6, 6.07) is 5.76. The van der Waals surface area contributed by atoms with Gasteiger partial charge in [-0.05, 0) is 44.0 Å². The van der Waals surface area contributed by atoms with Crippen LogP contribution in [-0.4, -0.2) is 53.7 Å². The van der Waals surface area contributed by atoms with Crippen LogP contribution in [0.25, 0.3) is 0 Å². The third-order valence-electron chi connectivity index (χ3n) is 4.11. The Bertz CT molecular complexity index is 578. The highest BCUT2D eigenvalue weighted by molar-refractivity contribution is 5.76. The highest BCUT2D eigenvalue weighted by atomic mass is 19.1. The topological polar surface area (TPSA) is 78.9 Å². The van der Waals surface area contributed by atoms with Crippen molar-refractivity contribution < 1.29 is 23.8 Å². The largest absolute Gasteiger partial charge is 0.494 e. The van der Waals surface area contributed by atoms with E-state index in [0.717, 1.165) is 6.42 Å². The van der Waals surface area contributed by atoms with Gasteiger partial charge in [-0.3, -0.25) is 14.9 Å². The summed E-state index contributed by atoms with van der Waals surface area (Å²) in [4.78, 5) is 24.6. The summed E-state index contributed by atoms with van der Waals surface area (Å²) in [6.07, 6.45) is 1.68. The van der Waals surface area contributed by atoms with Gasteiger partial charge in [-0.15, -0.1) is 0 Å². The van der Waals surface area contributed by atoms with Crippen molar-refractivity contribution >= 4 is 11.9 Å². The number of carboxylic acid groups (broad SMARTS) is 1. The monoisotopic (exact) mass is 338 g/mol. The van der Waals surface area contributed by atoms with Crippen LogP contribution in [0, 0.1) is 5.82 Å². The van der Waals surface area contributed by atoms with E-state index in [0.29, 0.717) is 38.3 Å². The standard InChI is InChI=1S/C17H23FN2O4/c1-17(19-11-16(22)23)8-9-20(12-17)15(21)3-2-10-24-14-6-4-13(18)5-7-14/h4-7,19H,2-3,8-12H2,1H3,(H,22,23). The number of rotatable bonds is 8. The Morgan fingerprint density at radius 1 is 1.38 bits per heavy atom. The normalized spacial score (nSPS) is 20.2. The maximum Gasteiger partial charge on any atom is 0.317 e. The van der Waals surface area contributed by atoms with Crippen molar-refractivity contribution in [2.75, 3.05) is 26.2 Å². The van der Waals surface area contributed by atoms with Crippen LogP contribution in [0.2, 0.25) is 0 Å². The van der Waals surface area contributed by atoms with Crippen LogP contribution in [0.1, 0.15) is 26.2 Å². The lowest BCUT2D eigenvalue weighted by molar-refractivity contribution is -0.136. The van der Waals surface area contributed by atoms with Crippen LogP contribution < -0.4 is 10.1 Å². The second kappa shape index (κ2) is 8.10. The van der Waals surface area contributed by atoms with E-state index in [1.165, 1.54) is 12.1 Å². The zero-order chi connectivity index (χ0) is 17.6. The number of hydrogen-bond acceptors (Lipinski definition) is 4. The first-order chi connectivity index (χ1) is 11.4. The molecule has 132 valence electrons. The molecule has 0 radical (unpaired) electrons. The van der Waals surface area contributed by atoms with E-state index in [9.17, 15) is 14.0 Å². The number of hydrogen-bond donors (Lipinski definition) is 2. The van der Waals surface area contributed by atoms with Crippen molar-refractivity contribution in [2.24, 2.45) is 0 Å². The van der Waals surface area contributed by atoms with Crippen LogP contribution in [0.4, 0.5) is 4.39 Å². The number of carbonyl (C=O) groups excluding carboxylic acids is 1. The summed E-state index contributed by atoms with van der Waals surface area (Å²) in [5.74, 6) is -0.598. The van der Waals surface area contributed by atoms with Crippen LogP contribution in [0.3, 0.4) is 0 Å². The van der Waals surface area contributed by atoms with E-state index in [4.69, 9.17) is 9.84 Å². The third-order valence-corrected chi connectivity index (χ3v) is 4.11. The van der Waals surface area contributed by atoms with Crippen molar-refractivity contribution in [3.05, 3.63) is 30.1 Å². The average molecular weight is 338 g/mol. The van der Waals surface area contributed by atoms with Crippen molar-refractivity contribution in [3.63, 3.8) is 0 Å². The molecular weight excluding hydrogens is 315 g/mol. The predicted molar refractivity (Wildman–Crippen MR) is 86.4 cm³/mol. The zero-order valence-electron chi connectivity index (χ0n) is 13.8. The molecule has 6 nitrogen and oxygen atoms in total. The number of likely N-dealkylation sites (tertiary alicyclic amines) is 1. The fourth-order valence-electron chi connectivity index (χ4n) is 2.71. The van der Waals surface area contributed by atoms with E-state index >= 15 is 0 Å². The minimum atomic E-state index is -0.904. The summed E-state index contributed by atoms with van der Waals surface area (Å²) in [7, 11) is 0. The Morgan fingerprint density at radius 2 is 2.08 bits per heavy atom. The number of amides is 1. The molecule has 7 heteroatoms. The summed E-state index contributed by atoms with van der Waals surface area (Å²) in [5, 5.41) is 11.7. The Morgan fingerprint density at radius 3 is 2.75 bits per heavy atom. The molecule has 2 rings (SSSR count). The van der Waals surface area contributed by atoms with Gasteiger partial charge in [0.15, 0.2) is 0 Å². The van der Waals surface area contributed by atoms with Gasteiger partial charge in [0.2, 0.25) is 5.91 Å². The smallest absolute Gasteiger partial charge is 0.317 e. The summed E-state index contributed by atoms with van der Waals surface area (Å²) < 4.78 is 18.2. The van der Waals surface area contributed by atoms with E-state index in [-0.39, 0.29) is 23.8 Å². The molecule has 1 saturated heterocycles. The van der Waals surface area contributed by atoms with Crippen molar-refractivity contribution in [1.82, 2.24) is 10.2 Å². The van der Waals surface area contributed by atoms with E-state index in [1.54, 1.807) is 17.0 Å². The number of aliphatic carboxylic acids is 1. The zero-order valence-corrected chi connectivity index (χ0v) is 13.8. The van der Waals surface area contributed by atoms with Crippen LogP contribution in [0.5, 0.6) is 5.75 Å². The molecule has 24 heavy (non-hydrogen) atoms. The van der Waals surface area contributed by atoms with Gasteiger partial charge in [-0.1, -0.05) is 0 Å². The number of benzene rings is 1. The molecule has 1 heterocycles. The van der Waals surface area contributed by atoms with Gasteiger partial charge in [0.05, 0.1) is 13.2 Å².